The number of nitrogens with zero attached hydrogens (tertiary/aromatic N) is 2. The first-order valence-corrected chi connectivity index (χ1v) is 12.0. The Balaban J connectivity index is 1.91. The number of rotatable bonds is 7. The van der Waals surface area contributed by atoms with Crippen molar-refractivity contribution in [2.75, 3.05) is 18.6 Å². The van der Waals surface area contributed by atoms with Crippen LogP contribution in [0, 0.1) is 19.7 Å². The SMILES string of the molecule is C=CCOC(=O)c1sc(N2C(=O)C(=O)C(=C(O)c3ccc(C)c(F)c3)[C@H]2c2cccc(OC)c2)nc1C. The number of ketones is 1. The number of carbonyl (C=O) groups excluding carboxylic acids is 3. The van der Waals surface area contributed by atoms with E-state index in [4.69, 9.17) is 9.47 Å². The monoisotopic (exact) mass is 522 g/mol. The molecule has 0 saturated carbocycles. The summed E-state index contributed by atoms with van der Waals surface area (Å²) in [6.45, 7) is 6.65. The van der Waals surface area contributed by atoms with Crippen molar-refractivity contribution >= 4 is 39.9 Å². The van der Waals surface area contributed by atoms with Gasteiger partial charge in [0.15, 0.2) is 5.13 Å². The standard InChI is InChI=1S/C27H23FN2O6S/c1-5-11-36-26(34)24-15(3)29-27(37-24)30-21(16-7-6-8-18(12-16)35-4)20(23(32)25(30)33)22(31)17-10-9-14(2)19(28)13-17/h5-10,12-13,21,31H,1,11H2,2-4H3/t21-/m1/s1. The van der Waals surface area contributed by atoms with E-state index in [2.05, 4.69) is 11.6 Å². The van der Waals surface area contributed by atoms with Crippen LogP contribution in [0.25, 0.3) is 5.76 Å². The van der Waals surface area contributed by atoms with Crippen LogP contribution < -0.4 is 9.64 Å². The Labute approximate surface area is 216 Å². The summed E-state index contributed by atoms with van der Waals surface area (Å²) < 4.78 is 24.7. The highest BCUT2D eigenvalue weighted by Crippen LogP contribution is 2.44. The normalized spacial score (nSPS) is 16.6. The van der Waals surface area contributed by atoms with Gasteiger partial charge in [0.1, 0.15) is 28.8 Å². The van der Waals surface area contributed by atoms with E-state index in [9.17, 15) is 23.9 Å². The Hall–Kier alpha value is -4.31. The predicted octanol–water partition coefficient (Wildman–Crippen LogP) is 4.88. The van der Waals surface area contributed by atoms with Gasteiger partial charge in [0.25, 0.3) is 5.78 Å². The van der Waals surface area contributed by atoms with Gasteiger partial charge in [0.2, 0.25) is 0 Å². The molecule has 190 valence electrons. The minimum atomic E-state index is -1.12. The Morgan fingerprint density at radius 3 is 2.68 bits per heavy atom. The average molecular weight is 523 g/mol. The van der Waals surface area contributed by atoms with E-state index in [1.807, 2.05) is 0 Å². The molecule has 3 aromatic rings. The molecule has 0 radical (unpaired) electrons. The molecule has 0 aliphatic carbocycles. The van der Waals surface area contributed by atoms with Crippen LogP contribution >= 0.6 is 11.3 Å². The van der Waals surface area contributed by atoms with Gasteiger partial charge < -0.3 is 14.6 Å². The zero-order chi connectivity index (χ0) is 26.9. The van der Waals surface area contributed by atoms with Crippen LogP contribution in [0.5, 0.6) is 5.75 Å². The number of halogens is 1. The Morgan fingerprint density at radius 1 is 1.24 bits per heavy atom. The molecule has 0 spiro atoms. The molecule has 37 heavy (non-hydrogen) atoms. The first kappa shape index (κ1) is 25.8. The lowest BCUT2D eigenvalue weighted by molar-refractivity contribution is -0.132. The minimum Gasteiger partial charge on any atom is -0.507 e. The number of thiazole rings is 1. The number of amides is 1. The number of hydrogen-bond acceptors (Lipinski definition) is 8. The fourth-order valence-electron chi connectivity index (χ4n) is 3.93. The molecule has 4 rings (SSSR count). The maximum atomic E-state index is 14.3. The van der Waals surface area contributed by atoms with E-state index in [0.717, 1.165) is 22.3 Å². The number of carbonyl (C=O) groups is 3. The smallest absolute Gasteiger partial charge is 0.350 e. The fourth-order valence-corrected chi connectivity index (χ4v) is 4.91. The number of methoxy groups -OCH3 is 1. The molecule has 1 aliphatic rings. The molecule has 2 heterocycles. The number of aliphatic hydroxyl groups is 1. The van der Waals surface area contributed by atoms with Crippen LogP contribution in [-0.4, -0.2) is 41.5 Å². The molecule has 1 aromatic heterocycles. The van der Waals surface area contributed by atoms with E-state index >= 15 is 0 Å². The van der Waals surface area contributed by atoms with Crippen LogP contribution in [0.1, 0.15) is 38.1 Å². The largest absolute Gasteiger partial charge is 0.507 e. The summed E-state index contributed by atoms with van der Waals surface area (Å²) in [7, 11) is 1.47. The van der Waals surface area contributed by atoms with Crippen molar-refractivity contribution in [1.82, 2.24) is 4.98 Å². The van der Waals surface area contributed by atoms with Gasteiger partial charge in [0, 0.05) is 5.56 Å². The number of aliphatic hydroxyl groups excluding tert-OH is 1. The van der Waals surface area contributed by atoms with Gasteiger partial charge in [-0.2, -0.15) is 0 Å². The van der Waals surface area contributed by atoms with Gasteiger partial charge in [-0.25, -0.2) is 14.2 Å². The number of esters is 1. The lowest BCUT2D eigenvalue weighted by Gasteiger charge is -2.23. The average Bonchev–Trinajstić information content (AvgIpc) is 3.40. The molecule has 10 heteroatoms. The van der Waals surface area contributed by atoms with E-state index in [-0.39, 0.29) is 27.8 Å². The van der Waals surface area contributed by atoms with Gasteiger partial charge in [0.05, 0.1) is 24.4 Å². The summed E-state index contributed by atoms with van der Waals surface area (Å²) in [6, 6.07) is 9.54. The molecule has 1 N–H and O–H groups in total. The van der Waals surface area contributed by atoms with Gasteiger partial charge in [-0.1, -0.05) is 48.3 Å². The summed E-state index contributed by atoms with van der Waals surface area (Å²) in [5.74, 6) is -3.24. The van der Waals surface area contributed by atoms with Gasteiger partial charge in [-0.05, 0) is 43.2 Å². The van der Waals surface area contributed by atoms with Crippen LogP contribution in [-0.2, 0) is 14.3 Å². The van der Waals surface area contributed by atoms with Crippen LogP contribution in [0.4, 0.5) is 9.52 Å². The van der Waals surface area contributed by atoms with E-state index in [1.54, 1.807) is 38.1 Å². The Kier molecular flexibility index (Phi) is 7.21. The molecule has 1 saturated heterocycles. The molecule has 2 aromatic carbocycles. The van der Waals surface area contributed by atoms with Crippen molar-refractivity contribution in [2.24, 2.45) is 0 Å². The highest BCUT2D eigenvalue weighted by atomic mass is 32.1. The predicted molar refractivity (Wildman–Crippen MR) is 136 cm³/mol. The molecule has 1 amide bonds. The lowest BCUT2D eigenvalue weighted by atomic mass is 9.95. The number of ether oxygens (including phenoxy) is 2. The summed E-state index contributed by atoms with van der Waals surface area (Å²) in [5, 5.41) is 11.2. The van der Waals surface area contributed by atoms with Crippen molar-refractivity contribution < 1.29 is 33.4 Å². The molecular formula is C27H23FN2O6S. The second kappa shape index (κ2) is 10.4. The fraction of sp³-hybridized carbons (Fsp3) is 0.185. The van der Waals surface area contributed by atoms with Gasteiger partial charge in [-0.3, -0.25) is 14.5 Å². The molecule has 1 atom stereocenters. The second-order valence-corrected chi connectivity index (χ2v) is 9.19. The molecule has 1 fully saturated rings. The molecule has 1 aliphatic heterocycles. The van der Waals surface area contributed by atoms with Crippen molar-refractivity contribution in [3.05, 3.63) is 93.8 Å². The third kappa shape index (κ3) is 4.75. The van der Waals surface area contributed by atoms with Crippen molar-refractivity contribution in [1.29, 1.82) is 0 Å². The summed E-state index contributed by atoms with van der Waals surface area (Å²) in [4.78, 5) is 44.8. The lowest BCUT2D eigenvalue weighted by Crippen LogP contribution is -2.29. The topological polar surface area (TPSA) is 106 Å². The number of benzene rings is 2. The zero-order valence-corrected chi connectivity index (χ0v) is 21.1. The van der Waals surface area contributed by atoms with Gasteiger partial charge >= 0.3 is 11.9 Å². The summed E-state index contributed by atoms with van der Waals surface area (Å²) >= 11 is 0.881. The van der Waals surface area contributed by atoms with Crippen molar-refractivity contribution in [2.45, 2.75) is 19.9 Å². The molecule has 8 nitrogen and oxygen atoms in total. The molecule has 0 bridgehead atoms. The van der Waals surface area contributed by atoms with Gasteiger partial charge in [-0.15, -0.1) is 0 Å². The first-order valence-electron chi connectivity index (χ1n) is 11.1. The van der Waals surface area contributed by atoms with Crippen LogP contribution in [0.15, 0.2) is 60.7 Å². The number of Topliss-reactive ketones (excluding diaryl/α,β-unsaturated/α-hetero) is 1. The third-order valence-electron chi connectivity index (χ3n) is 5.81. The minimum absolute atomic E-state index is 0.00700. The maximum absolute atomic E-state index is 14.3. The number of aromatic nitrogens is 1. The number of hydrogen-bond donors (Lipinski definition) is 1. The van der Waals surface area contributed by atoms with Crippen LogP contribution in [0.2, 0.25) is 0 Å². The third-order valence-corrected chi connectivity index (χ3v) is 6.95. The highest BCUT2D eigenvalue weighted by Gasteiger charge is 2.48. The van der Waals surface area contributed by atoms with Crippen LogP contribution in [0.3, 0.4) is 0 Å². The van der Waals surface area contributed by atoms with E-state index < -0.39 is 35.3 Å². The second-order valence-electron chi connectivity index (χ2n) is 8.21. The quantitative estimate of drug-likeness (QED) is 0.155. The number of anilines is 1. The maximum Gasteiger partial charge on any atom is 0.350 e. The zero-order valence-electron chi connectivity index (χ0n) is 20.3. The highest BCUT2D eigenvalue weighted by molar-refractivity contribution is 7.17. The van der Waals surface area contributed by atoms with E-state index in [1.165, 1.54) is 25.3 Å². The molecular weight excluding hydrogens is 499 g/mol. The Morgan fingerprint density at radius 2 is 2.00 bits per heavy atom. The van der Waals surface area contributed by atoms with Crippen molar-refractivity contribution in [3.8, 4) is 5.75 Å². The summed E-state index contributed by atoms with van der Waals surface area (Å²) in [5.41, 5.74) is 0.899. The summed E-state index contributed by atoms with van der Waals surface area (Å²) in [6.07, 6.45) is 1.42. The van der Waals surface area contributed by atoms with Crippen molar-refractivity contribution in [3.63, 3.8) is 0 Å². The van der Waals surface area contributed by atoms with E-state index in [0.29, 0.717) is 22.6 Å². The molecule has 0 unspecified atom stereocenters. The number of aryl methyl sites for hydroxylation is 2. The Bertz CT molecular complexity index is 1460. The first-order chi connectivity index (χ1) is 17.7.